The first-order chi connectivity index (χ1) is 9.52. The highest BCUT2D eigenvalue weighted by atomic mass is 16.5. The molecular weight excluding hydrogens is 262 g/mol. The van der Waals surface area contributed by atoms with Crippen molar-refractivity contribution in [2.45, 2.75) is 12.8 Å². The van der Waals surface area contributed by atoms with Gasteiger partial charge in [-0.05, 0) is 18.1 Å². The predicted molar refractivity (Wildman–Crippen MR) is 69.2 cm³/mol. The van der Waals surface area contributed by atoms with E-state index in [0.717, 1.165) is 10.5 Å². The van der Waals surface area contributed by atoms with Gasteiger partial charge in [-0.2, -0.15) is 0 Å². The first kappa shape index (κ1) is 14.0. The van der Waals surface area contributed by atoms with Crippen molar-refractivity contribution in [2.24, 2.45) is 5.92 Å². The zero-order chi connectivity index (χ0) is 14.7. The Balaban J connectivity index is 2.13. The van der Waals surface area contributed by atoms with Crippen LogP contribution in [0, 0.1) is 5.92 Å². The molecule has 1 fully saturated rings. The van der Waals surface area contributed by atoms with Crippen LogP contribution in [0.3, 0.4) is 0 Å². The topological polar surface area (TPSA) is 83.9 Å². The van der Waals surface area contributed by atoms with Crippen LogP contribution in [-0.4, -0.2) is 41.4 Å². The normalized spacial score (nSPS) is 18.4. The highest BCUT2D eigenvalue weighted by molar-refractivity contribution is 6.05. The molecule has 6 heteroatoms. The SMILES string of the molecule is COc1ccccc1CC1CC(=O)N(CC(=O)O)C1=O. The average Bonchev–Trinajstić information content (AvgIpc) is 2.67. The molecule has 2 amide bonds. The lowest BCUT2D eigenvalue weighted by Crippen LogP contribution is -2.35. The van der Waals surface area contributed by atoms with Gasteiger partial charge < -0.3 is 9.84 Å². The molecule has 20 heavy (non-hydrogen) atoms. The number of carbonyl (C=O) groups is 3. The molecule has 1 unspecified atom stereocenters. The van der Waals surface area contributed by atoms with E-state index in [1.165, 1.54) is 7.11 Å². The van der Waals surface area contributed by atoms with Crippen LogP contribution in [-0.2, 0) is 20.8 Å². The summed E-state index contributed by atoms with van der Waals surface area (Å²) in [5, 5.41) is 8.70. The number of ether oxygens (including phenoxy) is 1. The van der Waals surface area contributed by atoms with Gasteiger partial charge in [-0.25, -0.2) is 0 Å². The predicted octanol–water partition coefficient (Wildman–Crippen LogP) is 0.697. The highest BCUT2D eigenvalue weighted by Gasteiger charge is 2.39. The zero-order valence-electron chi connectivity index (χ0n) is 11.0. The Kier molecular flexibility index (Phi) is 4.02. The van der Waals surface area contributed by atoms with Crippen molar-refractivity contribution in [1.82, 2.24) is 4.90 Å². The number of carboxylic acids is 1. The van der Waals surface area contributed by atoms with Gasteiger partial charge in [0.2, 0.25) is 11.8 Å². The number of carbonyl (C=O) groups excluding carboxylic acids is 2. The maximum absolute atomic E-state index is 12.1. The molecule has 2 rings (SSSR count). The van der Waals surface area contributed by atoms with E-state index < -0.39 is 30.2 Å². The lowest BCUT2D eigenvalue weighted by atomic mass is 9.97. The van der Waals surface area contributed by atoms with Crippen molar-refractivity contribution in [3.8, 4) is 5.75 Å². The number of nitrogens with zero attached hydrogens (tertiary/aromatic N) is 1. The summed E-state index contributed by atoms with van der Waals surface area (Å²) in [6, 6.07) is 7.26. The van der Waals surface area contributed by atoms with Gasteiger partial charge in [0.25, 0.3) is 0 Å². The molecule has 1 aliphatic heterocycles. The lowest BCUT2D eigenvalue weighted by molar-refractivity contribution is -0.149. The number of carboxylic acid groups (broad SMARTS) is 1. The minimum Gasteiger partial charge on any atom is -0.496 e. The zero-order valence-corrected chi connectivity index (χ0v) is 11.0. The summed E-state index contributed by atoms with van der Waals surface area (Å²) in [6.45, 7) is -0.569. The molecule has 1 atom stereocenters. The van der Waals surface area contributed by atoms with E-state index >= 15 is 0 Å². The van der Waals surface area contributed by atoms with Crippen molar-refractivity contribution < 1.29 is 24.2 Å². The van der Waals surface area contributed by atoms with Crippen LogP contribution in [0.1, 0.15) is 12.0 Å². The van der Waals surface area contributed by atoms with E-state index in [1.807, 2.05) is 18.2 Å². The van der Waals surface area contributed by atoms with Gasteiger partial charge in [-0.1, -0.05) is 18.2 Å². The Labute approximate surface area is 115 Å². The van der Waals surface area contributed by atoms with Crippen LogP contribution in [0.5, 0.6) is 5.75 Å². The second kappa shape index (κ2) is 5.73. The molecule has 0 saturated carbocycles. The van der Waals surface area contributed by atoms with Crippen LogP contribution in [0.2, 0.25) is 0 Å². The van der Waals surface area contributed by atoms with E-state index in [1.54, 1.807) is 6.07 Å². The van der Waals surface area contributed by atoms with Crippen LogP contribution < -0.4 is 4.74 Å². The lowest BCUT2D eigenvalue weighted by Gasteiger charge is -2.13. The number of para-hydroxylation sites is 1. The molecule has 0 bridgehead atoms. The first-order valence-electron chi connectivity index (χ1n) is 6.20. The number of methoxy groups -OCH3 is 1. The van der Waals surface area contributed by atoms with Crippen molar-refractivity contribution in [3.63, 3.8) is 0 Å². The molecule has 106 valence electrons. The van der Waals surface area contributed by atoms with E-state index in [9.17, 15) is 14.4 Å². The summed E-state index contributed by atoms with van der Waals surface area (Å²) in [7, 11) is 1.54. The van der Waals surface area contributed by atoms with Crippen molar-refractivity contribution >= 4 is 17.8 Å². The maximum Gasteiger partial charge on any atom is 0.323 e. The van der Waals surface area contributed by atoms with Gasteiger partial charge in [-0.15, -0.1) is 0 Å². The number of aliphatic carboxylic acids is 1. The van der Waals surface area contributed by atoms with Gasteiger partial charge >= 0.3 is 5.97 Å². The van der Waals surface area contributed by atoms with Gasteiger partial charge in [0.15, 0.2) is 0 Å². The van der Waals surface area contributed by atoms with E-state index in [0.29, 0.717) is 12.2 Å². The summed E-state index contributed by atoms with van der Waals surface area (Å²) >= 11 is 0. The molecule has 6 nitrogen and oxygen atoms in total. The van der Waals surface area contributed by atoms with E-state index in [-0.39, 0.29) is 6.42 Å². The second-order valence-electron chi connectivity index (χ2n) is 4.63. The average molecular weight is 277 g/mol. The third kappa shape index (κ3) is 2.79. The number of hydrogen-bond acceptors (Lipinski definition) is 4. The van der Waals surface area contributed by atoms with Crippen LogP contribution >= 0.6 is 0 Å². The van der Waals surface area contributed by atoms with Crippen LogP contribution in [0.15, 0.2) is 24.3 Å². The Morgan fingerprint density at radius 3 is 2.75 bits per heavy atom. The number of likely N-dealkylation sites (tertiary alicyclic amines) is 1. The molecule has 1 aromatic rings. The molecule has 1 heterocycles. The maximum atomic E-state index is 12.1. The molecule has 0 spiro atoms. The highest BCUT2D eigenvalue weighted by Crippen LogP contribution is 2.27. The number of amides is 2. The fraction of sp³-hybridized carbons (Fsp3) is 0.357. The third-order valence-corrected chi connectivity index (χ3v) is 3.29. The van der Waals surface area contributed by atoms with E-state index in [4.69, 9.17) is 9.84 Å². The second-order valence-corrected chi connectivity index (χ2v) is 4.63. The number of benzene rings is 1. The van der Waals surface area contributed by atoms with Gasteiger partial charge in [0.05, 0.1) is 13.0 Å². The largest absolute Gasteiger partial charge is 0.496 e. The standard InChI is InChI=1S/C14H15NO5/c1-20-11-5-3-2-4-9(11)6-10-7-12(16)15(14(10)19)8-13(17)18/h2-5,10H,6-8H2,1H3,(H,17,18). The third-order valence-electron chi connectivity index (χ3n) is 3.29. The molecule has 0 aliphatic carbocycles. The summed E-state index contributed by atoms with van der Waals surface area (Å²) in [5.41, 5.74) is 0.832. The van der Waals surface area contributed by atoms with Gasteiger partial charge in [0, 0.05) is 6.42 Å². The van der Waals surface area contributed by atoms with Gasteiger partial charge in [-0.3, -0.25) is 19.3 Å². The number of imide groups is 1. The minimum atomic E-state index is -1.19. The number of rotatable bonds is 5. The quantitative estimate of drug-likeness (QED) is 0.801. The van der Waals surface area contributed by atoms with Crippen LogP contribution in [0.4, 0.5) is 0 Å². The van der Waals surface area contributed by atoms with Gasteiger partial charge in [0.1, 0.15) is 12.3 Å². The van der Waals surface area contributed by atoms with E-state index in [2.05, 4.69) is 0 Å². The molecule has 1 aromatic carbocycles. The smallest absolute Gasteiger partial charge is 0.323 e. The number of hydrogen-bond donors (Lipinski definition) is 1. The molecule has 0 aromatic heterocycles. The Morgan fingerprint density at radius 2 is 2.10 bits per heavy atom. The van der Waals surface area contributed by atoms with Crippen molar-refractivity contribution in [3.05, 3.63) is 29.8 Å². The fourth-order valence-electron chi connectivity index (χ4n) is 2.35. The first-order valence-corrected chi connectivity index (χ1v) is 6.20. The Bertz CT molecular complexity index is 554. The molecular formula is C14H15NO5. The summed E-state index contributed by atoms with van der Waals surface area (Å²) in [5.74, 6) is -1.91. The molecule has 1 N–H and O–H groups in total. The Hall–Kier alpha value is -2.37. The Morgan fingerprint density at radius 1 is 1.40 bits per heavy atom. The van der Waals surface area contributed by atoms with Crippen molar-refractivity contribution in [2.75, 3.05) is 13.7 Å². The summed E-state index contributed by atoms with van der Waals surface area (Å²) < 4.78 is 5.21. The molecule has 1 aliphatic rings. The summed E-state index contributed by atoms with van der Waals surface area (Å²) in [6.07, 6.45) is 0.412. The fourth-order valence-corrected chi connectivity index (χ4v) is 2.35. The molecule has 1 saturated heterocycles. The monoisotopic (exact) mass is 277 g/mol. The van der Waals surface area contributed by atoms with Crippen molar-refractivity contribution in [1.29, 1.82) is 0 Å². The van der Waals surface area contributed by atoms with Crippen LogP contribution in [0.25, 0.3) is 0 Å². The molecule has 0 radical (unpaired) electrons. The minimum absolute atomic E-state index is 0.0458. The summed E-state index contributed by atoms with van der Waals surface area (Å²) in [4.78, 5) is 35.2.